The van der Waals surface area contributed by atoms with E-state index >= 15 is 0 Å². The normalized spacial score (nSPS) is 13.9. The Kier molecular flexibility index (Phi) is 7.12. The van der Waals surface area contributed by atoms with Gasteiger partial charge in [-0.2, -0.15) is 11.8 Å². The SMILES string of the molecule is CCC(CC)SCC(O)CO. The van der Waals surface area contributed by atoms with Crippen LogP contribution in [0.2, 0.25) is 0 Å². The van der Waals surface area contributed by atoms with E-state index in [0.717, 1.165) is 12.8 Å². The molecule has 1 unspecified atom stereocenters. The van der Waals surface area contributed by atoms with Crippen molar-refractivity contribution in [2.75, 3.05) is 12.4 Å². The van der Waals surface area contributed by atoms with Gasteiger partial charge in [-0.3, -0.25) is 0 Å². The molecule has 0 aromatic rings. The Labute approximate surface area is 73.0 Å². The van der Waals surface area contributed by atoms with E-state index in [1.54, 1.807) is 11.8 Å². The van der Waals surface area contributed by atoms with E-state index < -0.39 is 6.10 Å². The predicted molar refractivity (Wildman–Crippen MR) is 49.9 cm³/mol. The first-order valence-corrected chi connectivity index (χ1v) is 5.19. The second-order valence-electron chi connectivity index (χ2n) is 2.61. The van der Waals surface area contributed by atoms with Crippen LogP contribution in [0.4, 0.5) is 0 Å². The highest BCUT2D eigenvalue weighted by atomic mass is 32.2. The third-order valence-electron chi connectivity index (χ3n) is 1.65. The Hall–Kier alpha value is 0.270. The van der Waals surface area contributed by atoms with Crippen molar-refractivity contribution in [1.29, 1.82) is 0 Å². The summed E-state index contributed by atoms with van der Waals surface area (Å²) in [6.07, 6.45) is 1.74. The number of aliphatic hydroxyl groups is 2. The Morgan fingerprint density at radius 1 is 1.27 bits per heavy atom. The molecule has 0 aromatic heterocycles. The quantitative estimate of drug-likeness (QED) is 0.643. The number of hydrogen-bond donors (Lipinski definition) is 2. The predicted octanol–water partition coefficient (Wildman–Crippen LogP) is 1.26. The molecule has 0 aliphatic rings. The molecule has 3 heteroatoms. The molecule has 0 aromatic carbocycles. The fourth-order valence-corrected chi connectivity index (χ4v) is 1.90. The summed E-state index contributed by atoms with van der Waals surface area (Å²) >= 11 is 1.74. The Morgan fingerprint density at radius 2 is 1.82 bits per heavy atom. The number of rotatable bonds is 6. The van der Waals surface area contributed by atoms with Gasteiger partial charge >= 0.3 is 0 Å². The van der Waals surface area contributed by atoms with Crippen LogP contribution in [-0.2, 0) is 0 Å². The Balaban J connectivity index is 3.34. The molecule has 2 N–H and O–H groups in total. The highest BCUT2D eigenvalue weighted by Gasteiger charge is 2.07. The van der Waals surface area contributed by atoms with Crippen LogP contribution < -0.4 is 0 Å². The summed E-state index contributed by atoms with van der Waals surface area (Å²) < 4.78 is 0. The molecule has 0 amide bonds. The van der Waals surface area contributed by atoms with Crippen molar-refractivity contribution in [2.24, 2.45) is 0 Å². The molecule has 0 rings (SSSR count). The molecule has 0 radical (unpaired) electrons. The van der Waals surface area contributed by atoms with Crippen LogP contribution in [0.15, 0.2) is 0 Å². The topological polar surface area (TPSA) is 40.5 Å². The van der Waals surface area contributed by atoms with Gasteiger partial charge in [-0.25, -0.2) is 0 Å². The van der Waals surface area contributed by atoms with E-state index in [-0.39, 0.29) is 6.61 Å². The summed E-state index contributed by atoms with van der Waals surface area (Å²) in [6.45, 7) is 4.17. The zero-order chi connectivity index (χ0) is 8.69. The zero-order valence-electron chi connectivity index (χ0n) is 7.29. The second kappa shape index (κ2) is 6.95. The van der Waals surface area contributed by atoms with Crippen molar-refractivity contribution in [3.63, 3.8) is 0 Å². The molecular formula is C8H18O2S. The monoisotopic (exact) mass is 178 g/mol. The van der Waals surface area contributed by atoms with Crippen LogP contribution in [0, 0.1) is 0 Å². The van der Waals surface area contributed by atoms with Crippen LogP contribution in [-0.4, -0.2) is 33.9 Å². The van der Waals surface area contributed by atoms with Crippen molar-refractivity contribution < 1.29 is 10.2 Å². The first kappa shape index (κ1) is 11.3. The molecule has 0 fully saturated rings. The lowest BCUT2D eigenvalue weighted by molar-refractivity contribution is 0.113. The molecule has 0 bridgehead atoms. The third-order valence-corrected chi connectivity index (χ3v) is 3.36. The van der Waals surface area contributed by atoms with Crippen LogP contribution in [0.25, 0.3) is 0 Å². The van der Waals surface area contributed by atoms with Crippen molar-refractivity contribution in [3.05, 3.63) is 0 Å². The van der Waals surface area contributed by atoms with E-state index in [1.807, 2.05) is 0 Å². The van der Waals surface area contributed by atoms with Crippen molar-refractivity contribution in [1.82, 2.24) is 0 Å². The Bertz CT molecular complexity index is 84.2. The Morgan fingerprint density at radius 3 is 2.18 bits per heavy atom. The highest BCUT2D eigenvalue weighted by molar-refractivity contribution is 7.99. The minimum atomic E-state index is -0.541. The lowest BCUT2D eigenvalue weighted by Gasteiger charge is -2.13. The molecule has 0 saturated carbocycles. The molecule has 0 aliphatic heterocycles. The van der Waals surface area contributed by atoms with E-state index in [0.29, 0.717) is 11.0 Å². The van der Waals surface area contributed by atoms with E-state index in [2.05, 4.69) is 13.8 Å². The van der Waals surface area contributed by atoms with Gasteiger partial charge in [0, 0.05) is 11.0 Å². The van der Waals surface area contributed by atoms with E-state index in [4.69, 9.17) is 10.2 Å². The molecule has 0 spiro atoms. The van der Waals surface area contributed by atoms with Gasteiger partial charge in [0.15, 0.2) is 0 Å². The fraction of sp³-hybridized carbons (Fsp3) is 1.00. The summed E-state index contributed by atoms with van der Waals surface area (Å²) in [5.74, 6) is 0.656. The summed E-state index contributed by atoms with van der Waals surface area (Å²) in [5.41, 5.74) is 0. The minimum absolute atomic E-state index is 0.118. The van der Waals surface area contributed by atoms with Crippen LogP contribution in [0.3, 0.4) is 0 Å². The number of aliphatic hydroxyl groups excluding tert-OH is 2. The fourth-order valence-electron chi connectivity index (χ4n) is 0.824. The van der Waals surface area contributed by atoms with Crippen molar-refractivity contribution in [2.45, 2.75) is 38.0 Å². The van der Waals surface area contributed by atoms with Gasteiger partial charge < -0.3 is 10.2 Å². The third kappa shape index (κ3) is 5.53. The maximum absolute atomic E-state index is 9.03. The smallest absolute Gasteiger partial charge is 0.0861 e. The molecule has 11 heavy (non-hydrogen) atoms. The largest absolute Gasteiger partial charge is 0.394 e. The van der Waals surface area contributed by atoms with Gasteiger partial charge in [0.1, 0.15) is 0 Å². The van der Waals surface area contributed by atoms with Gasteiger partial charge in [0.25, 0.3) is 0 Å². The van der Waals surface area contributed by atoms with Crippen molar-refractivity contribution in [3.8, 4) is 0 Å². The van der Waals surface area contributed by atoms with Gasteiger partial charge in [0.2, 0.25) is 0 Å². The number of thioether (sulfide) groups is 1. The zero-order valence-corrected chi connectivity index (χ0v) is 8.10. The molecule has 0 aliphatic carbocycles. The molecule has 68 valence electrons. The van der Waals surface area contributed by atoms with Gasteiger partial charge in [-0.05, 0) is 12.8 Å². The lowest BCUT2D eigenvalue weighted by Crippen LogP contribution is -2.16. The van der Waals surface area contributed by atoms with Gasteiger partial charge in [-0.15, -0.1) is 0 Å². The molecule has 0 saturated heterocycles. The molecule has 1 atom stereocenters. The maximum atomic E-state index is 9.03. The highest BCUT2D eigenvalue weighted by Crippen LogP contribution is 2.18. The lowest BCUT2D eigenvalue weighted by atomic mass is 10.3. The summed E-state index contributed by atoms with van der Waals surface area (Å²) in [7, 11) is 0. The molecule has 0 heterocycles. The van der Waals surface area contributed by atoms with Crippen LogP contribution in [0.1, 0.15) is 26.7 Å². The van der Waals surface area contributed by atoms with Crippen molar-refractivity contribution >= 4 is 11.8 Å². The maximum Gasteiger partial charge on any atom is 0.0861 e. The second-order valence-corrected chi connectivity index (χ2v) is 3.94. The van der Waals surface area contributed by atoms with Gasteiger partial charge in [0.05, 0.1) is 12.7 Å². The van der Waals surface area contributed by atoms with E-state index in [1.165, 1.54) is 0 Å². The first-order valence-electron chi connectivity index (χ1n) is 4.15. The summed E-state index contributed by atoms with van der Waals surface area (Å²) in [6, 6.07) is 0. The number of hydrogen-bond acceptors (Lipinski definition) is 3. The molecule has 2 nitrogen and oxygen atoms in total. The molecular weight excluding hydrogens is 160 g/mol. The van der Waals surface area contributed by atoms with E-state index in [9.17, 15) is 0 Å². The minimum Gasteiger partial charge on any atom is -0.394 e. The average molecular weight is 178 g/mol. The van der Waals surface area contributed by atoms with Gasteiger partial charge in [-0.1, -0.05) is 13.8 Å². The first-order chi connectivity index (χ1) is 5.24. The average Bonchev–Trinajstić information content (AvgIpc) is 2.06. The van der Waals surface area contributed by atoms with Crippen LogP contribution in [0.5, 0.6) is 0 Å². The summed E-state index contributed by atoms with van der Waals surface area (Å²) in [5, 5.41) is 18.2. The van der Waals surface area contributed by atoms with Crippen LogP contribution >= 0.6 is 11.8 Å². The summed E-state index contributed by atoms with van der Waals surface area (Å²) in [4.78, 5) is 0. The standard InChI is InChI=1S/C8H18O2S/c1-3-8(4-2)11-6-7(10)5-9/h7-10H,3-6H2,1-2H3.